The average molecular weight is 408 g/mol. The van der Waals surface area contributed by atoms with E-state index in [9.17, 15) is 8.42 Å². The van der Waals surface area contributed by atoms with Crippen molar-refractivity contribution < 1.29 is 13.2 Å². The van der Waals surface area contributed by atoms with Gasteiger partial charge in [-0.25, -0.2) is 13.4 Å². The van der Waals surface area contributed by atoms with Crippen LogP contribution in [0.15, 0.2) is 34.7 Å². The molecular weight excluding hydrogens is 382 g/mol. The van der Waals surface area contributed by atoms with Crippen molar-refractivity contribution in [3.63, 3.8) is 0 Å². The molecule has 1 aromatic carbocycles. The van der Waals surface area contributed by atoms with Crippen molar-refractivity contribution in [2.75, 3.05) is 19.6 Å². The fourth-order valence-electron chi connectivity index (χ4n) is 3.92. The maximum Gasteiger partial charge on any atom is 0.247 e. The van der Waals surface area contributed by atoms with E-state index in [2.05, 4.69) is 9.88 Å². The van der Waals surface area contributed by atoms with Crippen LogP contribution in [0.3, 0.4) is 0 Å². The Balaban J connectivity index is 1.67. The smallest absolute Gasteiger partial charge is 0.247 e. The molecule has 1 fully saturated rings. The maximum atomic E-state index is 13.2. The van der Waals surface area contributed by atoms with E-state index in [1.807, 2.05) is 32.3 Å². The Morgan fingerprint density at radius 3 is 2.78 bits per heavy atom. The van der Waals surface area contributed by atoms with Crippen molar-refractivity contribution in [1.82, 2.24) is 14.2 Å². The average Bonchev–Trinajstić information content (AvgIpc) is 3.17. The lowest BCUT2D eigenvalue weighted by atomic mass is 10.0. The van der Waals surface area contributed by atoms with Crippen LogP contribution in [0.2, 0.25) is 0 Å². The Labute approximate surface area is 164 Å². The zero-order chi connectivity index (χ0) is 19.2. The Kier molecular flexibility index (Phi) is 4.78. The lowest BCUT2D eigenvalue weighted by Gasteiger charge is -2.33. The molecule has 2 aliphatic heterocycles. The minimum Gasteiger partial charge on any atom is -0.483 e. The number of hydrogen-bond donors (Lipinski definition) is 0. The number of aryl methyl sites for hydroxylation is 1. The van der Waals surface area contributed by atoms with Crippen LogP contribution in [-0.4, -0.2) is 53.9 Å². The lowest BCUT2D eigenvalue weighted by Crippen LogP contribution is -2.51. The molecule has 1 spiro atoms. The first-order valence-electron chi connectivity index (χ1n) is 9.22. The van der Waals surface area contributed by atoms with Crippen LogP contribution in [0, 0.1) is 6.92 Å². The molecule has 4 rings (SSSR count). The molecule has 0 bridgehead atoms. The molecule has 8 heteroatoms. The number of rotatable bonds is 3. The standard InChI is InChI=1S/C19H25N3O3S2/c1-14(2)22-12-19(25-16-6-4-5-7-18(16)27(22,23)24)8-9-21(11-19)10-17-15(3)20-13-26-17/h4-7,13-14H,8-12H2,1-3H3/t19-/m0/s1. The fourth-order valence-corrected chi connectivity index (χ4v) is 6.57. The Hall–Kier alpha value is -1.48. The van der Waals surface area contributed by atoms with Crippen LogP contribution >= 0.6 is 11.3 Å². The van der Waals surface area contributed by atoms with Gasteiger partial charge in [0.05, 0.1) is 17.7 Å². The van der Waals surface area contributed by atoms with Crippen molar-refractivity contribution in [2.45, 2.75) is 50.3 Å². The molecule has 0 saturated carbocycles. The van der Waals surface area contributed by atoms with Crippen LogP contribution in [-0.2, 0) is 16.6 Å². The summed E-state index contributed by atoms with van der Waals surface area (Å²) in [6, 6.07) is 6.88. The molecule has 1 atom stereocenters. The quantitative estimate of drug-likeness (QED) is 0.783. The highest BCUT2D eigenvalue weighted by atomic mass is 32.2. The first kappa shape index (κ1) is 18.9. The minimum atomic E-state index is -3.57. The third-order valence-corrected chi connectivity index (χ3v) is 8.37. The molecule has 27 heavy (non-hydrogen) atoms. The van der Waals surface area contributed by atoms with Crippen molar-refractivity contribution >= 4 is 21.4 Å². The molecule has 0 aliphatic carbocycles. The second-order valence-corrected chi connectivity index (χ2v) is 10.5. The topological polar surface area (TPSA) is 62.7 Å². The van der Waals surface area contributed by atoms with E-state index >= 15 is 0 Å². The summed E-state index contributed by atoms with van der Waals surface area (Å²) >= 11 is 1.67. The van der Waals surface area contributed by atoms with Gasteiger partial charge in [-0.2, -0.15) is 4.31 Å². The van der Waals surface area contributed by atoms with E-state index in [1.54, 1.807) is 33.8 Å². The molecule has 2 aliphatic rings. The summed E-state index contributed by atoms with van der Waals surface area (Å²) in [4.78, 5) is 8.21. The van der Waals surface area contributed by atoms with Crippen molar-refractivity contribution in [1.29, 1.82) is 0 Å². The molecule has 0 amide bonds. The first-order chi connectivity index (χ1) is 12.8. The summed E-state index contributed by atoms with van der Waals surface area (Å²) in [5.41, 5.74) is 2.42. The van der Waals surface area contributed by atoms with Crippen molar-refractivity contribution in [3.8, 4) is 5.75 Å². The van der Waals surface area contributed by atoms with Gasteiger partial charge in [-0.05, 0) is 32.9 Å². The summed E-state index contributed by atoms with van der Waals surface area (Å²) in [5, 5.41) is 0. The van der Waals surface area contributed by atoms with Gasteiger partial charge in [0, 0.05) is 37.0 Å². The van der Waals surface area contributed by atoms with Gasteiger partial charge in [-0.15, -0.1) is 11.3 Å². The van der Waals surface area contributed by atoms with Gasteiger partial charge in [0.1, 0.15) is 16.2 Å². The third kappa shape index (κ3) is 3.40. The van der Waals surface area contributed by atoms with E-state index < -0.39 is 15.6 Å². The lowest BCUT2D eigenvalue weighted by molar-refractivity contribution is 0.0533. The number of fused-ring (bicyclic) bond motifs is 1. The zero-order valence-corrected chi connectivity index (χ0v) is 17.5. The van der Waals surface area contributed by atoms with Crippen LogP contribution in [0.5, 0.6) is 5.75 Å². The number of thiazole rings is 1. The van der Waals surface area contributed by atoms with E-state index in [0.717, 1.165) is 25.2 Å². The largest absolute Gasteiger partial charge is 0.483 e. The molecule has 0 radical (unpaired) electrons. The first-order valence-corrected chi connectivity index (χ1v) is 11.5. The number of hydrogen-bond acceptors (Lipinski definition) is 6. The fraction of sp³-hybridized carbons (Fsp3) is 0.526. The van der Waals surface area contributed by atoms with Gasteiger partial charge in [-0.3, -0.25) is 4.90 Å². The molecule has 6 nitrogen and oxygen atoms in total. The Morgan fingerprint density at radius 2 is 2.07 bits per heavy atom. The summed E-state index contributed by atoms with van der Waals surface area (Å²) < 4.78 is 34.5. The minimum absolute atomic E-state index is 0.126. The molecule has 146 valence electrons. The van der Waals surface area contributed by atoms with E-state index in [1.165, 1.54) is 4.88 Å². The van der Waals surface area contributed by atoms with Crippen LogP contribution in [0.1, 0.15) is 30.8 Å². The van der Waals surface area contributed by atoms with E-state index in [0.29, 0.717) is 18.8 Å². The molecule has 0 unspecified atom stereocenters. The summed E-state index contributed by atoms with van der Waals surface area (Å²) in [5.74, 6) is 0.469. The summed E-state index contributed by atoms with van der Waals surface area (Å²) in [6.07, 6.45) is 0.803. The Morgan fingerprint density at radius 1 is 1.30 bits per heavy atom. The van der Waals surface area contributed by atoms with Crippen molar-refractivity contribution in [3.05, 3.63) is 40.3 Å². The number of likely N-dealkylation sites (tertiary alicyclic amines) is 1. The van der Waals surface area contributed by atoms with Crippen LogP contribution < -0.4 is 4.74 Å². The number of para-hydroxylation sites is 1. The Bertz CT molecular complexity index is 941. The maximum absolute atomic E-state index is 13.2. The predicted molar refractivity (Wildman–Crippen MR) is 106 cm³/mol. The number of aromatic nitrogens is 1. The van der Waals surface area contributed by atoms with E-state index in [-0.39, 0.29) is 10.9 Å². The number of nitrogens with zero attached hydrogens (tertiary/aromatic N) is 3. The highest BCUT2D eigenvalue weighted by Gasteiger charge is 2.48. The molecule has 3 heterocycles. The predicted octanol–water partition coefficient (Wildman–Crippen LogP) is 2.89. The second-order valence-electron chi connectivity index (χ2n) is 7.70. The number of sulfonamides is 1. The number of ether oxygens (including phenoxy) is 1. The third-order valence-electron chi connectivity index (χ3n) is 5.39. The SMILES string of the molecule is Cc1ncsc1CN1CC[C@]2(C1)CN(C(C)C)S(=O)(=O)c1ccccc1O2. The van der Waals surface area contributed by atoms with Gasteiger partial charge < -0.3 is 4.74 Å². The summed E-state index contributed by atoms with van der Waals surface area (Å²) in [6.45, 7) is 8.67. The van der Waals surface area contributed by atoms with E-state index in [4.69, 9.17) is 4.74 Å². The van der Waals surface area contributed by atoms with Gasteiger partial charge in [-0.1, -0.05) is 12.1 Å². The highest BCUT2D eigenvalue weighted by Crippen LogP contribution is 2.39. The van der Waals surface area contributed by atoms with Gasteiger partial charge in [0.25, 0.3) is 0 Å². The van der Waals surface area contributed by atoms with Gasteiger partial charge >= 0.3 is 0 Å². The summed E-state index contributed by atoms with van der Waals surface area (Å²) in [7, 11) is -3.57. The second kappa shape index (κ2) is 6.84. The number of benzene rings is 1. The van der Waals surface area contributed by atoms with Crippen molar-refractivity contribution in [2.24, 2.45) is 0 Å². The monoisotopic (exact) mass is 407 g/mol. The van der Waals surface area contributed by atoms with Crippen LogP contribution in [0.25, 0.3) is 0 Å². The van der Waals surface area contributed by atoms with Crippen LogP contribution in [0.4, 0.5) is 0 Å². The normalized spacial score (nSPS) is 25.5. The molecule has 2 aromatic rings. The highest BCUT2D eigenvalue weighted by molar-refractivity contribution is 7.89. The van der Waals surface area contributed by atoms with Gasteiger partial charge in [0.2, 0.25) is 10.0 Å². The van der Waals surface area contributed by atoms with Gasteiger partial charge in [0.15, 0.2) is 0 Å². The zero-order valence-electron chi connectivity index (χ0n) is 15.9. The molecule has 0 N–H and O–H groups in total. The molecule has 1 saturated heterocycles. The molecule has 1 aromatic heterocycles. The molecular formula is C19H25N3O3S2.